The number of rotatable bonds is 5. The quantitative estimate of drug-likeness (QED) is 0.596. The van der Waals surface area contributed by atoms with E-state index in [-0.39, 0.29) is 12.5 Å². The van der Waals surface area contributed by atoms with Crippen molar-refractivity contribution in [2.24, 2.45) is 0 Å². The molecule has 0 aliphatic carbocycles. The Balaban J connectivity index is 1.47. The third-order valence-corrected chi connectivity index (χ3v) is 6.82. The number of carbonyl (C=O) groups is 1. The molecule has 3 heterocycles. The predicted octanol–water partition coefficient (Wildman–Crippen LogP) is 3.00. The van der Waals surface area contributed by atoms with Gasteiger partial charge in [-0.25, -0.2) is 13.4 Å². The Morgan fingerprint density at radius 2 is 2.12 bits per heavy atom. The maximum absolute atomic E-state index is 12.7. The number of fused-ring (bicyclic) bond motifs is 2. The minimum atomic E-state index is -3.31. The van der Waals surface area contributed by atoms with E-state index < -0.39 is 10.0 Å². The first-order valence-electron chi connectivity index (χ1n) is 10.3. The van der Waals surface area contributed by atoms with Crippen LogP contribution in [0.15, 0.2) is 47.0 Å². The van der Waals surface area contributed by atoms with E-state index in [0.717, 1.165) is 33.4 Å². The topological polar surface area (TPSA) is 95.8 Å². The smallest absolute Gasteiger partial charge is 0.246 e. The molecule has 0 spiro atoms. The number of amides is 1. The monoisotopic (exact) mass is 454 g/mol. The van der Waals surface area contributed by atoms with Crippen LogP contribution in [-0.4, -0.2) is 54.9 Å². The predicted molar refractivity (Wildman–Crippen MR) is 124 cm³/mol. The number of nitrogens with zero attached hydrogens (tertiary/aromatic N) is 3. The number of benzene rings is 1. The van der Waals surface area contributed by atoms with Gasteiger partial charge in [0, 0.05) is 55.5 Å². The lowest BCUT2D eigenvalue weighted by molar-refractivity contribution is -0.125. The number of pyridine rings is 1. The first-order chi connectivity index (χ1) is 15.2. The normalized spacial score (nSPS) is 14.8. The molecular formula is C23H26N4O4S. The molecule has 0 unspecified atom stereocenters. The van der Waals surface area contributed by atoms with Crippen LogP contribution >= 0.6 is 0 Å². The molecule has 0 bridgehead atoms. The number of hydrogen-bond donors (Lipinski definition) is 1. The highest BCUT2D eigenvalue weighted by molar-refractivity contribution is 7.88. The Bertz CT molecular complexity index is 1300. The van der Waals surface area contributed by atoms with Gasteiger partial charge in [-0.3, -0.25) is 4.79 Å². The average Bonchev–Trinajstić information content (AvgIpc) is 2.93. The van der Waals surface area contributed by atoms with Crippen molar-refractivity contribution < 1.29 is 17.6 Å². The molecule has 0 saturated carbocycles. The number of carbonyl (C=O) groups excluding carboxylic acids is 1. The largest absolute Gasteiger partial charge is 0.459 e. The summed E-state index contributed by atoms with van der Waals surface area (Å²) in [5.74, 6) is 1.25. The van der Waals surface area contributed by atoms with Crippen molar-refractivity contribution >= 4 is 38.8 Å². The fourth-order valence-electron chi connectivity index (χ4n) is 3.71. The molecule has 0 fully saturated rings. The molecule has 0 atom stereocenters. The molecule has 1 aromatic carbocycles. The zero-order chi connectivity index (χ0) is 22.9. The SMILES string of the molecule is Cc1c(CN(C)C(=O)/C=C/c2cnc3c(c2)CN(S(C)(=O)=O)CCN3)oc2ccccc12. The second-order valence-corrected chi connectivity index (χ2v) is 9.96. The summed E-state index contributed by atoms with van der Waals surface area (Å²) in [6, 6.07) is 9.66. The number of nitrogens with one attached hydrogen (secondary N) is 1. The van der Waals surface area contributed by atoms with Gasteiger partial charge in [0.2, 0.25) is 15.9 Å². The summed E-state index contributed by atoms with van der Waals surface area (Å²) in [7, 11) is -1.58. The van der Waals surface area contributed by atoms with Gasteiger partial charge in [-0.1, -0.05) is 18.2 Å². The summed E-state index contributed by atoms with van der Waals surface area (Å²) in [5.41, 5.74) is 3.34. The molecule has 2 aromatic heterocycles. The van der Waals surface area contributed by atoms with Crippen molar-refractivity contribution in [2.45, 2.75) is 20.0 Å². The molecule has 4 rings (SSSR count). The summed E-state index contributed by atoms with van der Waals surface area (Å²) >= 11 is 0. The van der Waals surface area contributed by atoms with Gasteiger partial charge in [-0.15, -0.1) is 0 Å². The van der Waals surface area contributed by atoms with Crippen LogP contribution in [-0.2, 0) is 27.9 Å². The first-order valence-corrected chi connectivity index (χ1v) is 12.2. The van der Waals surface area contributed by atoms with Crippen molar-refractivity contribution in [3.05, 3.63) is 65.1 Å². The molecule has 0 radical (unpaired) electrons. The number of aromatic nitrogens is 1. The molecule has 1 aliphatic rings. The van der Waals surface area contributed by atoms with Gasteiger partial charge < -0.3 is 14.6 Å². The molecule has 3 aromatic rings. The average molecular weight is 455 g/mol. The Morgan fingerprint density at radius 3 is 2.88 bits per heavy atom. The van der Waals surface area contributed by atoms with Crippen molar-refractivity contribution in [3.8, 4) is 0 Å². The van der Waals surface area contributed by atoms with Gasteiger partial charge in [-0.2, -0.15) is 4.31 Å². The molecule has 168 valence electrons. The molecule has 1 amide bonds. The fraction of sp³-hybridized carbons (Fsp3) is 0.304. The second-order valence-electron chi connectivity index (χ2n) is 7.97. The van der Waals surface area contributed by atoms with Crippen molar-refractivity contribution in [1.82, 2.24) is 14.2 Å². The maximum atomic E-state index is 12.7. The lowest BCUT2D eigenvalue weighted by Crippen LogP contribution is -2.31. The van der Waals surface area contributed by atoms with Crippen molar-refractivity contribution in [2.75, 3.05) is 31.7 Å². The highest BCUT2D eigenvalue weighted by Crippen LogP contribution is 2.26. The Kier molecular flexibility index (Phi) is 6.03. The minimum absolute atomic E-state index is 0.171. The number of aryl methyl sites for hydroxylation is 1. The standard InChI is InChI=1S/C23H26N4O4S/c1-16-19-6-4-5-7-20(19)31-21(16)15-26(2)22(28)9-8-17-12-18-14-27(32(3,29)30)11-10-24-23(18)25-13-17/h4-9,12-13H,10-11,14-15H2,1-3H3,(H,24,25)/b9-8+. The van der Waals surface area contributed by atoms with Gasteiger partial charge in [0.15, 0.2) is 0 Å². The van der Waals surface area contributed by atoms with E-state index in [2.05, 4.69) is 10.3 Å². The zero-order valence-corrected chi connectivity index (χ0v) is 19.1. The van der Waals surface area contributed by atoms with E-state index in [1.807, 2.05) is 37.3 Å². The van der Waals surface area contributed by atoms with E-state index >= 15 is 0 Å². The van der Waals surface area contributed by atoms with Crippen molar-refractivity contribution in [1.29, 1.82) is 0 Å². The number of sulfonamides is 1. The van der Waals surface area contributed by atoms with Gasteiger partial charge >= 0.3 is 0 Å². The van der Waals surface area contributed by atoms with Gasteiger partial charge in [0.25, 0.3) is 0 Å². The molecule has 0 saturated heterocycles. The van der Waals surface area contributed by atoms with E-state index in [9.17, 15) is 13.2 Å². The third-order valence-electron chi connectivity index (χ3n) is 5.57. The van der Waals surface area contributed by atoms with Crippen LogP contribution in [0.25, 0.3) is 17.0 Å². The lowest BCUT2D eigenvalue weighted by Gasteiger charge is -2.16. The first kappa shape index (κ1) is 22.0. The second kappa shape index (κ2) is 8.76. The number of para-hydroxylation sites is 1. The Morgan fingerprint density at radius 1 is 1.34 bits per heavy atom. The van der Waals surface area contributed by atoms with Crippen LogP contribution in [0.4, 0.5) is 5.82 Å². The molecule has 9 heteroatoms. The van der Waals surface area contributed by atoms with Crippen LogP contribution in [0, 0.1) is 6.92 Å². The summed E-state index contributed by atoms with van der Waals surface area (Å²) < 4.78 is 31.2. The fourth-order valence-corrected chi connectivity index (χ4v) is 4.51. The summed E-state index contributed by atoms with van der Waals surface area (Å²) in [6.07, 6.45) is 6.04. The van der Waals surface area contributed by atoms with Crippen molar-refractivity contribution in [3.63, 3.8) is 0 Å². The van der Waals surface area contributed by atoms with E-state index in [1.165, 1.54) is 16.6 Å². The summed E-state index contributed by atoms with van der Waals surface area (Å²) in [4.78, 5) is 18.6. The number of anilines is 1. The van der Waals surface area contributed by atoms with E-state index in [4.69, 9.17) is 4.42 Å². The summed E-state index contributed by atoms with van der Waals surface area (Å²) in [5, 5.41) is 4.20. The molecule has 1 N–H and O–H groups in total. The molecular weight excluding hydrogens is 428 g/mol. The van der Waals surface area contributed by atoms with Crippen LogP contribution in [0.5, 0.6) is 0 Å². The Labute approximate surface area is 187 Å². The van der Waals surface area contributed by atoms with Gasteiger partial charge in [0.05, 0.1) is 12.8 Å². The van der Waals surface area contributed by atoms with Crippen LogP contribution < -0.4 is 5.32 Å². The summed E-state index contributed by atoms with van der Waals surface area (Å²) in [6.45, 7) is 3.47. The number of furan rings is 1. The van der Waals surface area contributed by atoms with E-state index in [1.54, 1.807) is 24.2 Å². The highest BCUT2D eigenvalue weighted by atomic mass is 32.2. The third kappa shape index (κ3) is 4.68. The molecule has 1 aliphatic heterocycles. The van der Waals surface area contributed by atoms with Gasteiger partial charge in [0.1, 0.15) is 17.2 Å². The number of likely N-dealkylation sites (N-methyl/N-ethyl adjacent to an activating group) is 1. The van der Waals surface area contributed by atoms with Crippen LogP contribution in [0.2, 0.25) is 0 Å². The zero-order valence-electron chi connectivity index (χ0n) is 18.3. The van der Waals surface area contributed by atoms with E-state index in [0.29, 0.717) is 25.5 Å². The molecule has 32 heavy (non-hydrogen) atoms. The van der Waals surface area contributed by atoms with Crippen LogP contribution in [0.3, 0.4) is 0 Å². The molecule has 8 nitrogen and oxygen atoms in total. The Hall–Kier alpha value is -3.17. The number of hydrogen-bond acceptors (Lipinski definition) is 6. The van der Waals surface area contributed by atoms with Gasteiger partial charge in [-0.05, 0) is 30.7 Å². The minimum Gasteiger partial charge on any atom is -0.459 e. The maximum Gasteiger partial charge on any atom is 0.246 e. The lowest BCUT2D eigenvalue weighted by atomic mass is 10.1. The van der Waals surface area contributed by atoms with Crippen LogP contribution in [0.1, 0.15) is 22.5 Å². The highest BCUT2D eigenvalue weighted by Gasteiger charge is 2.22.